The molecule has 0 aliphatic rings. The molecule has 0 saturated heterocycles. The third kappa shape index (κ3) is 13.4. The molecule has 1 nitrogen and oxygen atoms in total. The van der Waals surface area contributed by atoms with Crippen LogP contribution in [-0.4, -0.2) is 11.1 Å². The first kappa shape index (κ1) is 21.0. The summed E-state index contributed by atoms with van der Waals surface area (Å²) in [7, 11) is 0. The molecule has 0 aromatic heterocycles. The molecule has 1 heteroatoms. The van der Waals surface area contributed by atoms with E-state index in [1.165, 1.54) is 77.0 Å². The molecule has 0 heterocycles. The van der Waals surface area contributed by atoms with Gasteiger partial charge in [0.1, 0.15) is 0 Å². The minimum absolute atomic E-state index is 0.277. The quantitative estimate of drug-likeness (QED) is 0.345. The summed E-state index contributed by atoms with van der Waals surface area (Å²) in [6.07, 6.45) is 16.4. The Morgan fingerprint density at radius 3 is 1.19 bits per heavy atom. The standard InChI is InChI=1S/C20H43N/c1-7-9-11-13-15-17-19(3,4)21-20(5,6)18-16-14-12-10-8-2/h21H,7-18H2,1-6H3. The number of unbranched alkanes of at least 4 members (excludes halogenated alkanes) is 8. The molecule has 0 rings (SSSR count). The molecule has 0 bridgehead atoms. The summed E-state index contributed by atoms with van der Waals surface area (Å²) in [5.41, 5.74) is 0.554. The van der Waals surface area contributed by atoms with E-state index in [-0.39, 0.29) is 11.1 Å². The molecule has 0 saturated carbocycles. The molecule has 0 unspecified atom stereocenters. The van der Waals surface area contributed by atoms with Crippen molar-refractivity contribution in [3.05, 3.63) is 0 Å². The molecule has 0 aliphatic heterocycles. The smallest absolute Gasteiger partial charge is 0.0130 e. The van der Waals surface area contributed by atoms with Crippen LogP contribution in [0.2, 0.25) is 0 Å². The number of hydrogen-bond acceptors (Lipinski definition) is 1. The van der Waals surface area contributed by atoms with Crippen LogP contribution in [-0.2, 0) is 0 Å². The lowest BCUT2D eigenvalue weighted by molar-refractivity contribution is 0.230. The van der Waals surface area contributed by atoms with E-state index in [4.69, 9.17) is 0 Å². The van der Waals surface area contributed by atoms with Crippen LogP contribution in [0.1, 0.15) is 119 Å². The monoisotopic (exact) mass is 297 g/mol. The highest BCUT2D eigenvalue weighted by atomic mass is 15.0. The Labute approximate surface area is 135 Å². The first-order valence-corrected chi connectivity index (χ1v) is 9.62. The van der Waals surface area contributed by atoms with Gasteiger partial charge in [0.25, 0.3) is 0 Å². The van der Waals surface area contributed by atoms with Crippen LogP contribution < -0.4 is 5.32 Å². The van der Waals surface area contributed by atoms with Gasteiger partial charge in [0.2, 0.25) is 0 Å². The summed E-state index contributed by atoms with van der Waals surface area (Å²) in [4.78, 5) is 0. The Bertz CT molecular complexity index is 206. The molecular formula is C20H43N. The molecule has 21 heavy (non-hydrogen) atoms. The molecule has 0 aromatic rings. The Morgan fingerprint density at radius 2 is 0.857 bits per heavy atom. The normalized spacial score (nSPS) is 12.9. The van der Waals surface area contributed by atoms with Gasteiger partial charge in [0.15, 0.2) is 0 Å². The Hall–Kier alpha value is -0.0400. The van der Waals surface area contributed by atoms with E-state index < -0.39 is 0 Å². The van der Waals surface area contributed by atoms with Crippen LogP contribution in [0, 0.1) is 0 Å². The van der Waals surface area contributed by atoms with Gasteiger partial charge in [0, 0.05) is 11.1 Å². The van der Waals surface area contributed by atoms with Crippen molar-refractivity contribution in [2.45, 2.75) is 130 Å². The average Bonchev–Trinajstić information content (AvgIpc) is 2.36. The predicted molar refractivity (Wildman–Crippen MR) is 98.0 cm³/mol. The van der Waals surface area contributed by atoms with Gasteiger partial charge >= 0.3 is 0 Å². The van der Waals surface area contributed by atoms with Crippen molar-refractivity contribution in [3.63, 3.8) is 0 Å². The topological polar surface area (TPSA) is 12.0 Å². The van der Waals surface area contributed by atoms with E-state index in [0.29, 0.717) is 0 Å². The first-order valence-electron chi connectivity index (χ1n) is 9.62. The van der Waals surface area contributed by atoms with Gasteiger partial charge in [-0.1, -0.05) is 78.1 Å². The van der Waals surface area contributed by atoms with Gasteiger partial charge in [-0.15, -0.1) is 0 Å². The average molecular weight is 298 g/mol. The van der Waals surface area contributed by atoms with Crippen molar-refractivity contribution in [3.8, 4) is 0 Å². The van der Waals surface area contributed by atoms with Crippen molar-refractivity contribution in [2.24, 2.45) is 0 Å². The molecule has 0 fully saturated rings. The highest BCUT2D eigenvalue weighted by Gasteiger charge is 2.26. The van der Waals surface area contributed by atoms with Crippen LogP contribution in [0.15, 0.2) is 0 Å². The lowest BCUT2D eigenvalue weighted by Crippen LogP contribution is -2.51. The Balaban J connectivity index is 3.87. The van der Waals surface area contributed by atoms with Gasteiger partial charge in [-0.25, -0.2) is 0 Å². The second-order valence-electron chi connectivity index (χ2n) is 8.22. The second kappa shape index (κ2) is 11.5. The molecule has 0 aromatic carbocycles. The second-order valence-corrected chi connectivity index (χ2v) is 8.22. The van der Waals surface area contributed by atoms with Gasteiger partial charge < -0.3 is 5.32 Å². The highest BCUT2D eigenvalue weighted by molar-refractivity contribution is 4.88. The molecule has 0 spiro atoms. The van der Waals surface area contributed by atoms with Crippen LogP contribution in [0.5, 0.6) is 0 Å². The van der Waals surface area contributed by atoms with Crippen LogP contribution in [0.3, 0.4) is 0 Å². The fourth-order valence-corrected chi connectivity index (χ4v) is 3.38. The molecule has 0 aliphatic carbocycles. The zero-order valence-electron chi connectivity index (χ0n) is 16.0. The fourth-order valence-electron chi connectivity index (χ4n) is 3.38. The Morgan fingerprint density at radius 1 is 0.524 bits per heavy atom. The van der Waals surface area contributed by atoms with Crippen molar-refractivity contribution in [1.82, 2.24) is 5.32 Å². The Kier molecular flexibility index (Phi) is 11.5. The summed E-state index contributed by atoms with van der Waals surface area (Å²) >= 11 is 0. The van der Waals surface area contributed by atoms with Crippen LogP contribution in [0.25, 0.3) is 0 Å². The molecular weight excluding hydrogens is 254 g/mol. The molecule has 128 valence electrons. The van der Waals surface area contributed by atoms with Crippen molar-refractivity contribution in [2.75, 3.05) is 0 Å². The van der Waals surface area contributed by atoms with Crippen molar-refractivity contribution < 1.29 is 0 Å². The summed E-state index contributed by atoms with van der Waals surface area (Å²) in [6.45, 7) is 14.1. The summed E-state index contributed by atoms with van der Waals surface area (Å²) in [5, 5.41) is 3.91. The minimum Gasteiger partial charge on any atom is -0.307 e. The number of nitrogens with one attached hydrogen (secondary N) is 1. The first-order chi connectivity index (χ1) is 9.83. The highest BCUT2D eigenvalue weighted by Crippen LogP contribution is 2.22. The van der Waals surface area contributed by atoms with Crippen molar-refractivity contribution >= 4 is 0 Å². The maximum Gasteiger partial charge on any atom is 0.0130 e. The van der Waals surface area contributed by atoms with E-state index in [9.17, 15) is 0 Å². The van der Waals surface area contributed by atoms with Gasteiger partial charge in [0.05, 0.1) is 0 Å². The van der Waals surface area contributed by atoms with E-state index in [1.54, 1.807) is 0 Å². The SMILES string of the molecule is CCCCCCCC(C)(C)NC(C)(C)CCCCCCC. The zero-order valence-corrected chi connectivity index (χ0v) is 16.0. The van der Waals surface area contributed by atoms with E-state index >= 15 is 0 Å². The maximum atomic E-state index is 3.91. The summed E-state index contributed by atoms with van der Waals surface area (Å²) in [5.74, 6) is 0. The lowest BCUT2D eigenvalue weighted by Gasteiger charge is -2.37. The molecule has 0 radical (unpaired) electrons. The van der Waals surface area contributed by atoms with E-state index in [2.05, 4.69) is 46.9 Å². The van der Waals surface area contributed by atoms with E-state index in [1.807, 2.05) is 0 Å². The van der Waals surface area contributed by atoms with Crippen molar-refractivity contribution in [1.29, 1.82) is 0 Å². The largest absolute Gasteiger partial charge is 0.307 e. The van der Waals surface area contributed by atoms with Crippen LogP contribution >= 0.6 is 0 Å². The molecule has 0 amide bonds. The maximum absolute atomic E-state index is 3.91. The molecule has 0 atom stereocenters. The fraction of sp³-hybridized carbons (Fsp3) is 1.00. The number of rotatable bonds is 14. The molecule has 1 N–H and O–H groups in total. The van der Waals surface area contributed by atoms with E-state index in [0.717, 1.165) is 0 Å². The number of hydrogen-bond donors (Lipinski definition) is 1. The summed E-state index contributed by atoms with van der Waals surface area (Å²) in [6, 6.07) is 0. The third-order valence-corrected chi connectivity index (χ3v) is 4.49. The van der Waals surface area contributed by atoms with Gasteiger partial charge in [-0.05, 0) is 40.5 Å². The summed E-state index contributed by atoms with van der Waals surface area (Å²) < 4.78 is 0. The third-order valence-electron chi connectivity index (χ3n) is 4.49. The lowest BCUT2D eigenvalue weighted by atomic mass is 9.89. The van der Waals surface area contributed by atoms with Crippen LogP contribution in [0.4, 0.5) is 0 Å². The minimum atomic E-state index is 0.277. The van der Waals surface area contributed by atoms with Gasteiger partial charge in [-0.3, -0.25) is 0 Å². The predicted octanol–water partition coefficient (Wildman–Crippen LogP) is 6.85. The van der Waals surface area contributed by atoms with Gasteiger partial charge in [-0.2, -0.15) is 0 Å². The zero-order chi connectivity index (χ0) is 16.2.